The maximum atomic E-state index is 5.51. The summed E-state index contributed by atoms with van der Waals surface area (Å²) < 4.78 is 0. The minimum Gasteiger partial charge on any atom is -0.369 e. The Kier molecular flexibility index (Phi) is 5.25. The lowest BCUT2D eigenvalue weighted by atomic mass is 10.1. The standard InChI is InChI=1S/C13H20N6S/c1-3-4-10-11(17-8-18-12(10)19-14)16-7-9(2)13-15-5-6-20-13/h5-6,8-9H,3-4,7,14H2,1-2H3,(H2,16,17,18,19). The number of nitrogens with one attached hydrogen (secondary N) is 2. The first kappa shape index (κ1) is 14.7. The molecule has 2 heterocycles. The van der Waals surface area contributed by atoms with E-state index in [9.17, 15) is 0 Å². The second-order valence-electron chi connectivity index (χ2n) is 4.60. The summed E-state index contributed by atoms with van der Waals surface area (Å²) >= 11 is 1.67. The quantitative estimate of drug-likeness (QED) is 0.536. The van der Waals surface area contributed by atoms with Crippen LogP contribution in [0.1, 0.15) is 36.8 Å². The van der Waals surface area contributed by atoms with Crippen LogP contribution in [-0.4, -0.2) is 21.5 Å². The second kappa shape index (κ2) is 7.16. The highest BCUT2D eigenvalue weighted by atomic mass is 32.1. The van der Waals surface area contributed by atoms with Gasteiger partial charge in [-0.2, -0.15) is 0 Å². The first-order chi connectivity index (χ1) is 9.76. The lowest BCUT2D eigenvalue weighted by Gasteiger charge is -2.15. The molecule has 7 heteroatoms. The molecule has 0 amide bonds. The second-order valence-corrected chi connectivity index (χ2v) is 5.52. The van der Waals surface area contributed by atoms with Gasteiger partial charge in [-0.1, -0.05) is 20.3 Å². The summed E-state index contributed by atoms with van der Waals surface area (Å²) in [6, 6.07) is 0. The molecule has 4 N–H and O–H groups in total. The molecule has 6 nitrogen and oxygen atoms in total. The average molecular weight is 292 g/mol. The monoisotopic (exact) mass is 292 g/mol. The minimum absolute atomic E-state index is 0.341. The van der Waals surface area contributed by atoms with E-state index in [0.717, 1.165) is 35.8 Å². The van der Waals surface area contributed by atoms with E-state index < -0.39 is 0 Å². The number of thiazole rings is 1. The van der Waals surface area contributed by atoms with Gasteiger partial charge >= 0.3 is 0 Å². The topological polar surface area (TPSA) is 88.8 Å². The van der Waals surface area contributed by atoms with Gasteiger partial charge < -0.3 is 10.7 Å². The van der Waals surface area contributed by atoms with E-state index in [0.29, 0.717) is 11.7 Å². The fourth-order valence-corrected chi connectivity index (χ4v) is 2.69. The largest absolute Gasteiger partial charge is 0.369 e. The third kappa shape index (κ3) is 3.43. The molecule has 1 atom stereocenters. The molecule has 2 aromatic heterocycles. The molecule has 0 saturated heterocycles. The molecular formula is C13H20N6S. The predicted molar refractivity (Wildman–Crippen MR) is 82.9 cm³/mol. The summed E-state index contributed by atoms with van der Waals surface area (Å²) in [5, 5.41) is 6.50. The van der Waals surface area contributed by atoms with Crippen molar-refractivity contribution in [2.75, 3.05) is 17.3 Å². The van der Waals surface area contributed by atoms with Gasteiger partial charge in [0.25, 0.3) is 0 Å². The summed E-state index contributed by atoms with van der Waals surface area (Å²) in [5.74, 6) is 7.38. The van der Waals surface area contributed by atoms with Crippen molar-refractivity contribution < 1.29 is 0 Å². The zero-order valence-electron chi connectivity index (χ0n) is 11.8. The summed E-state index contributed by atoms with van der Waals surface area (Å²) in [5.41, 5.74) is 3.67. The first-order valence-corrected chi connectivity index (χ1v) is 7.58. The number of anilines is 2. The summed E-state index contributed by atoms with van der Waals surface area (Å²) in [7, 11) is 0. The third-order valence-corrected chi connectivity index (χ3v) is 4.04. The normalized spacial score (nSPS) is 12.2. The molecule has 0 spiro atoms. The Balaban J connectivity index is 2.08. The molecule has 0 radical (unpaired) electrons. The number of aromatic nitrogens is 3. The van der Waals surface area contributed by atoms with Gasteiger partial charge in [0.05, 0.1) is 5.01 Å². The summed E-state index contributed by atoms with van der Waals surface area (Å²) in [4.78, 5) is 12.8. The lowest BCUT2D eigenvalue weighted by Crippen LogP contribution is -2.16. The number of nitrogen functional groups attached to an aromatic ring is 1. The van der Waals surface area contributed by atoms with E-state index >= 15 is 0 Å². The summed E-state index contributed by atoms with van der Waals surface area (Å²) in [6.07, 6.45) is 5.25. The molecule has 0 bridgehead atoms. The highest BCUT2D eigenvalue weighted by Crippen LogP contribution is 2.23. The molecule has 20 heavy (non-hydrogen) atoms. The highest BCUT2D eigenvalue weighted by molar-refractivity contribution is 7.09. The molecule has 108 valence electrons. The fourth-order valence-electron chi connectivity index (χ4n) is 1.99. The van der Waals surface area contributed by atoms with E-state index in [1.54, 1.807) is 11.3 Å². The maximum Gasteiger partial charge on any atom is 0.148 e. The molecule has 2 rings (SSSR count). The minimum atomic E-state index is 0.341. The zero-order valence-corrected chi connectivity index (χ0v) is 12.6. The molecular weight excluding hydrogens is 272 g/mol. The lowest BCUT2D eigenvalue weighted by molar-refractivity contribution is 0.787. The van der Waals surface area contributed by atoms with Crippen LogP contribution in [0.15, 0.2) is 17.9 Å². The number of nitrogens with zero attached hydrogens (tertiary/aromatic N) is 3. The SMILES string of the molecule is CCCc1c(NN)ncnc1NCC(C)c1nccs1. The number of rotatable bonds is 7. The number of hydrogen-bond acceptors (Lipinski definition) is 7. The Morgan fingerprint density at radius 3 is 2.75 bits per heavy atom. The van der Waals surface area contributed by atoms with E-state index in [1.165, 1.54) is 6.33 Å². The fraction of sp³-hybridized carbons (Fsp3) is 0.462. The van der Waals surface area contributed by atoms with Crippen molar-refractivity contribution in [3.8, 4) is 0 Å². The smallest absolute Gasteiger partial charge is 0.148 e. The highest BCUT2D eigenvalue weighted by Gasteiger charge is 2.12. The van der Waals surface area contributed by atoms with E-state index in [1.807, 2.05) is 11.6 Å². The molecule has 0 aliphatic carbocycles. The number of hydrazine groups is 1. The van der Waals surface area contributed by atoms with E-state index in [4.69, 9.17) is 5.84 Å². The molecule has 2 aromatic rings. The van der Waals surface area contributed by atoms with Gasteiger partial charge in [0.15, 0.2) is 0 Å². The van der Waals surface area contributed by atoms with Crippen molar-refractivity contribution in [1.29, 1.82) is 0 Å². The predicted octanol–water partition coefficient (Wildman–Crippen LogP) is 2.39. The van der Waals surface area contributed by atoms with Gasteiger partial charge in [0.2, 0.25) is 0 Å². The Bertz CT molecular complexity index is 528. The van der Waals surface area contributed by atoms with Crippen LogP contribution in [0.25, 0.3) is 0 Å². The van der Waals surface area contributed by atoms with Crippen molar-refractivity contribution in [3.05, 3.63) is 28.5 Å². The van der Waals surface area contributed by atoms with Crippen LogP contribution in [0.5, 0.6) is 0 Å². The third-order valence-electron chi connectivity index (χ3n) is 3.03. The number of hydrogen-bond donors (Lipinski definition) is 3. The maximum absolute atomic E-state index is 5.51. The van der Waals surface area contributed by atoms with Crippen molar-refractivity contribution in [1.82, 2.24) is 15.0 Å². The van der Waals surface area contributed by atoms with Crippen molar-refractivity contribution in [2.24, 2.45) is 5.84 Å². The van der Waals surface area contributed by atoms with Crippen LogP contribution in [0, 0.1) is 0 Å². The first-order valence-electron chi connectivity index (χ1n) is 6.70. The van der Waals surface area contributed by atoms with Crippen LogP contribution in [0.3, 0.4) is 0 Å². The van der Waals surface area contributed by atoms with Gasteiger partial charge in [-0.05, 0) is 6.42 Å². The molecule has 1 unspecified atom stereocenters. The molecule has 0 saturated carbocycles. The van der Waals surface area contributed by atoms with Gasteiger partial charge in [0, 0.05) is 29.6 Å². The van der Waals surface area contributed by atoms with Crippen LogP contribution in [0.4, 0.5) is 11.6 Å². The Morgan fingerprint density at radius 2 is 2.10 bits per heavy atom. The molecule has 0 aliphatic heterocycles. The van der Waals surface area contributed by atoms with Gasteiger partial charge in [-0.25, -0.2) is 20.8 Å². The molecule has 0 aliphatic rings. The van der Waals surface area contributed by atoms with Gasteiger partial charge in [0.1, 0.15) is 18.0 Å². The van der Waals surface area contributed by atoms with Crippen LogP contribution >= 0.6 is 11.3 Å². The van der Waals surface area contributed by atoms with Gasteiger partial charge in [-0.3, -0.25) is 0 Å². The zero-order chi connectivity index (χ0) is 14.4. The van der Waals surface area contributed by atoms with Crippen LogP contribution in [0.2, 0.25) is 0 Å². The van der Waals surface area contributed by atoms with E-state index in [2.05, 4.69) is 39.5 Å². The Hall–Kier alpha value is -1.73. The van der Waals surface area contributed by atoms with Crippen LogP contribution in [-0.2, 0) is 6.42 Å². The Labute approximate surface area is 122 Å². The van der Waals surface area contributed by atoms with Crippen molar-refractivity contribution in [2.45, 2.75) is 32.6 Å². The Morgan fingerprint density at radius 1 is 1.30 bits per heavy atom. The van der Waals surface area contributed by atoms with Crippen molar-refractivity contribution in [3.63, 3.8) is 0 Å². The summed E-state index contributed by atoms with van der Waals surface area (Å²) in [6.45, 7) is 5.05. The van der Waals surface area contributed by atoms with E-state index in [-0.39, 0.29) is 0 Å². The molecule has 0 fully saturated rings. The van der Waals surface area contributed by atoms with Gasteiger partial charge in [-0.15, -0.1) is 11.3 Å². The van der Waals surface area contributed by atoms with Crippen LogP contribution < -0.4 is 16.6 Å². The molecule has 0 aromatic carbocycles. The van der Waals surface area contributed by atoms with Crippen molar-refractivity contribution >= 4 is 23.0 Å². The average Bonchev–Trinajstić information content (AvgIpc) is 3.00. The number of nitrogens with two attached hydrogens (primary N) is 1.